The lowest BCUT2D eigenvalue weighted by Crippen LogP contribution is -2.46. The number of carbonyl (C=O) groups is 2. The van der Waals surface area contributed by atoms with E-state index in [0.29, 0.717) is 5.69 Å². The Hall–Kier alpha value is -2.04. The highest BCUT2D eigenvalue weighted by molar-refractivity contribution is 6.39. The van der Waals surface area contributed by atoms with Gasteiger partial charge >= 0.3 is 11.8 Å². The SMILES string of the molecule is CC(C)(C)NC(=O)C(=O)Nc1cccc(O)c1. The molecule has 0 fully saturated rings. The summed E-state index contributed by atoms with van der Waals surface area (Å²) in [4.78, 5) is 23.0. The summed E-state index contributed by atoms with van der Waals surface area (Å²) in [7, 11) is 0. The number of rotatable bonds is 1. The smallest absolute Gasteiger partial charge is 0.313 e. The van der Waals surface area contributed by atoms with Crippen LogP contribution in [0.1, 0.15) is 20.8 Å². The zero-order valence-corrected chi connectivity index (χ0v) is 10.1. The van der Waals surface area contributed by atoms with Gasteiger partial charge in [0.05, 0.1) is 0 Å². The van der Waals surface area contributed by atoms with Gasteiger partial charge in [-0.25, -0.2) is 0 Å². The first-order valence-corrected chi connectivity index (χ1v) is 5.20. The highest BCUT2D eigenvalue weighted by Crippen LogP contribution is 2.15. The molecule has 17 heavy (non-hydrogen) atoms. The normalized spacial score (nSPS) is 10.8. The number of hydrogen-bond donors (Lipinski definition) is 3. The lowest BCUT2D eigenvalue weighted by molar-refractivity contribution is -0.137. The predicted molar refractivity (Wildman–Crippen MR) is 64.6 cm³/mol. The van der Waals surface area contributed by atoms with E-state index < -0.39 is 17.4 Å². The molecule has 0 heterocycles. The van der Waals surface area contributed by atoms with Gasteiger partial charge in [-0.15, -0.1) is 0 Å². The lowest BCUT2D eigenvalue weighted by Gasteiger charge is -2.19. The Labute approximate surface area is 99.8 Å². The molecular formula is C12H16N2O3. The van der Waals surface area contributed by atoms with E-state index in [9.17, 15) is 14.7 Å². The Balaban J connectivity index is 2.64. The molecule has 0 saturated heterocycles. The van der Waals surface area contributed by atoms with Crippen LogP contribution in [0.3, 0.4) is 0 Å². The van der Waals surface area contributed by atoms with Crippen LogP contribution in [0.25, 0.3) is 0 Å². The summed E-state index contributed by atoms with van der Waals surface area (Å²) in [6.45, 7) is 5.35. The van der Waals surface area contributed by atoms with Gasteiger partial charge in [0, 0.05) is 17.3 Å². The van der Waals surface area contributed by atoms with E-state index in [1.54, 1.807) is 32.9 Å². The third kappa shape index (κ3) is 4.55. The van der Waals surface area contributed by atoms with Crippen LogP contribution in [-0.4, -0.2) is 22.5 Å². The average molecular weight is 236 g/mol. The van der Waals surface area contributed by atoms with Crippen LogP contribution in [0.4, 0.5) is 5.69 Å². The van der Waals surface area contributed by atoms with Crippen LogP contribution < -0.4 is 10.6 Å². The highest BCUT2D eigenvalue weighted by atomic mass is 16.3. The maximum absolute atomic E-state index is 11.5. The van der Waals surface area contributed by atoms with E-state index in [0.717, 1.165) is 0 Å². The zero-order valence-electron chi connectivity index (χ0n) is 10.1. The van der Waals surface area contributed by atoms with Crippen molar-refractivity contribution in [2.45, 2.75) is 26.3 Å². The Morgan fingerprint density at radius 2 is 1.82 bits per heavy atom. The third-order valence-electron chi connectivity index (χ3n) is 1.80. The fraction of sp³-hybridized carbons (Fsp3) is 0.333. The van der Waals surface area contributed by atoms with E-state index in [1.165, 1.54) is 12.1 Å². The first-order chi connectivity index (χ1) is 7.78. The number of nitrogens with one attached hydrogen (secondary N) is 2. The molecule has 2 amide bonds. The summed E-state index contributed by atoms with van der Waals surface area (Å²) in [5, 5.41) is 14.1. The highest BCUT2D eigenvalue weighted by Gasteiger charge is 2.20. The number of aromatic hydroxyl groups is 1. The fourth-order valence-electron chi connectivity index (χ4n) is 1.17. The molecule has 5 heteroatoms. The van der Waals surface area contributed by atoms with Crippen molar-refractivity contribution < 1.29 is 14.7 Å². The van der Waals surface area contributed by atoms with E-state index in [2.05, 4.69) is 10.6 Å². The molecule has 0 spiro atoms. The maximum atomic E-state index is 11.5. The third-order valence-corrected chi connectivity index (χ3v) is 1.80. The Bertz CT molecular complexity index is 436. The van der Waals surface area contributed by atoms with Crippen LogP contribution in [0, 0.1) is 0 Å². The van der Waals surface area contributed by atoms with E-state index in [1.807, 2.05) is 0 Å². The van der Waals surface area contributed by atoms with Crippen molar-refractivity contribution >= 4 is 17.5 Å². The summed E-state index contributed by atoms with van der Waals surface area (Å²) in [6.07, 6.45) is 0. The predicted octanol–water partition coefficient (Wildman–Crippen LogP) is 1.25. The van der Waals surface area contributed by atoms with Crippen LogP contribution in [-0.2, 0) is 9.59 Å². The Morgan fingerprint density at radius 3 is 2.35 bits per heavy atom. The fourth-order valence-corrected chi connectivity index (χ4v) is 1.17. The number of phenols is 1. The summed E-state index contributed by atoms with van der Waals surface area (Å²) in [6, 6.07) is 6.00. The molecule has 92 valence electrons. The van der Waals surface area contributed by atoms with E-state index >= 15 is 0 Å². The molecule has 0 saturated carbocycles. The summed E-state index contributed by atoms with van der Waals surface area (Å²) < 4.78 is 0. The molecule has 0 atom stereocenters. The van der Waals surface area contributed by atoms with Crippen LogP contribution in [0.2, 0.25) is 0 Å². The largest absolute Gasteiger partial charge is 0.508 e. The summed E-state index contributed by atoms with van der Waals surface area (Å²) >= 11 is 0. The van der Waals surface area contributed by atoms with Crippen molar-refractivity contribution in [3.8, 4) is 5.75 Å². The molecule has 1 aromatic carbocycles. The van der Waals surface area contributed by atoms with E-state index in [-0.39, 0.29) is 5.75 Å². The zero-order chi connectivity index (χ0) is 13.1. The summed E-state index contributed by atoms with van der Waals surface area (Å²) in [5.74, 6) is -1.44. The molecule has 1 aromatic rings. The van der Waals surface area contributed by atoms with Crippen molar-refractivity contribution in [3.63, 3.8) is 0 Å². The first-order valence-electron chi connectivity index (χ1n) is 5.20. The first kappa shape index (κ1) is 13.0. The maximum Gasteiger partial charge on any atom is 0.313 e. The molecule has 0 bridgehead atoms. The second-order valence-electron chi connectivity index (χ2n) is 4.71. The minimum atomic E-state index is -0.759. The van der Waals surface area contributed by atoms with Crippen LogP contribution >= 0.6 is 0 Å². The van der Waals surface area contributed by atoms with Gasteiger partial charge in [-0.05, 0) is 32.9 Å². The standard InChI is InChI=1S/C12H16N2O3/c1-12(2,3)14-11(17)10(16)13-8-5-4-6-9(15)7-8/h4-7,15H,1-3H3,(H,13,16)(H,14,17). The molecule has 0 aliphatic rings. The molecule has 0 aromatic heterocycles. The van der Waals surface area contributed by atoms with Gasteiger partial charge in [0.15, 0.2) is 0 Å². The van der Waals surface area contributed by atoms with Crippen molar-refractivity contribution in [2.24, 2.45) is 0 Å². The quantitative estimate of drug-likeness (QED) is 0.642. The minimum Gasteiger partial charge on any atom is -0.508 e. The average Bonchev–Trinajstić information content (AvgIpc) is 2.14. The van der Waals surface area contributed by atoms with Gasteiger partial charge in [0.1, 0.15) is 5.75 Å². The number of carbonyl (C=O) groups excluding carboxylic acids is 2. The number of hydrogen-bond acceptors (Lipinski definition) is 3. The monoisotopic (exact) mass is 236 g/mol. The molecule has 0 radical (unpaired) electrons. The number of anilines is 1. The summed E-state index contributed by atoms with van der Waals surface area (Å²) in [5.41, 5.74) is -0.0909. The van der Waals surface area contributed by atoms with Gasteiger partial charge < -0.3 is 15.7 Å². The van der Waals surface area contributed by atoms with Gasteiger partial charge in [-0.2, -0.15) is 0 Å². The molecular weight excluding hydrogens is 220 g/mol. The van der Waals surface area contributed by atoms with E-state index in [4.69, 9.17) is 0 Å². The van der Waals surface area contributed by atoms with Crippen LogP contribution in [0.15, 0.2) is 24.3 Å². The van der Waals surface area contributed by atoms with Crippen molar-refractivity contribution in [3.05, 3.63) is 24.3 Å². The van der Waals surface area contributed by atoms with Crippen LogP contribution in [0.5, 0.6) is 5.75 Å². The second kappa shape index (κ2) is 4.86. The van der Waals surface area contributed by atoms with Crippen molar-refractivity contribution in [2.75, 3.05) is 5.32 Å². The topological polar surface area (TPSA) is 78.4 Å². The van der Waals surface area contributed by atoms with Crippen molar-refractivity contribution in [1.82, 2.24) is 5.32 Å². The number of amides is 2. The van der Waals surface area contributed by atoms with Gasteiger partial charge in [0.2, 0.25) is 0 Å². The molecule has 0 aliphatic heterocycles. The Morgan fingerprint density at radius 1 is 1.18 bits per heavy atom. The van der Waals surface area contributed by atoms with Gasteiger partial charge in [-0.3, -0.25) is 9.59 Å². The van der Waals surface area contributed by atoms with Crippen molar-refractivity contribution in [1.29, 1.82) is 0 Å². The number of benzene rings is 1. The lowest BCUT2D eigenvalue weighted by atomic mass is 10.1. The minimum absolute atomic E-state index is 0.0269. The van der Waals surface area contributed by atoms with Gasteiger partial charge in [-0.1, -0.05) is 6.07 Å². The molecule has 5 nitrogen and oxygen atoms in total. The molecule has 1 rings (SSSR count). The number of phenolic OH excluding ortho intramolecular Hbond substituents is 1. The second-order valence-corrected chi connectivity index (χ2v) is 4.71. The Kier molecular flexibility index (Phi) is 3.73. The molecule has 0 aliphatic carbocycles. The molecule has 3 N–H and O–H groups in total. The molecule has 0 unspecified atom stereocenters. The van der Waals surface area contributed by atoms with Gasteiger partial charge in [0.25, 0.3) is 0 Å².